The molecular formula is C16H27N3O2. The van der Waals surface area contributed by atoms with E-state index in [0.717, 1.165) is 45.1 Å². The molecule has 118 valence electrons. The number of carbonyl (C=O) groups excluding carboxylic acids is 2. The zero-order valence-corrected chi connectivity index (χ0v) is 13.2. The molecule has 21 heavy (non-hydrogen) atoms. The van der Waals surface area contributed by atoms with E-state index in [1.165, 1.54) is 11.3 Å². The van der Waals surface area contributed by atoms with Crippen molar-refractivity contribution in [3.05, 3.63) is 0 Å². The lowest BCUT2D eigenvalue weighted by atomic mass is 9.77. The van der Waals surface area contributed by atoms with Crippen LogP contribution in [0.2, 0.25) is 0 Å². The first-order chi connectivity index (χ1) is 10.0. The number of nitrogens with one attached hydrogen (secondary N) is 1. The maximum Gasteiger partial charge on any atom is 0.326 e. The van der Waals surface area contributed by atoms with Gasteiger partial charge in [0.15, 0.2) is 0 Å². The Labute approximate surface area is 127 Å². The number of carbonyl (C=O) groups is 2. The Bertz CT molecular complexity index is 429. The van der Waals surface area contributed by atoms with Crippen molar-refractivity contribution in [1.82, 2.24) is 15.1 Å². The van der Waals surface area contributed by atoms with Gasteiger partial charge in [-0.25, -0.2) is 9.69 Å². The summed E-state index contributed by atoms with van der Waals surface area (Å²) in [7, 11) is 0. The predicted octanol–water partition coefficient (Wildman–Crippen LogP) is 2.32. The molecule has 0 aromatic heterocycles. The monoisotopic (exact) mass is 293 g/mol. The number of amides is 3. The van der Waals surface area contributed by atoms with Crippen LogP contribution in [0.1, 0.15) is 58.8 Å². The van der Waals surface area contributed by atoms with Gasteiger partial charge in [0.1, 0.15) is 5.54 Å². The van der Waals surface area contributed by atoms with Crippen LogP contribution in [0, 0.1) is 5.92 Å². The summed E-state index contributed by atoms with van der Waals surface area (Å²) in [6.07, 6.45) is 7.22. The first kappa shape index (κ1) is 14.8. The molecule has 2 saturated heterocycles. The molecule has 5 heteroatoms. The standard InChI is InChI=1S/C16H27N3O2/c1-12-6-8-16(9-7-12)14(20)19(15(21)17-16)11-18-10-4-3-5-13(18)2/h12-13H,3-11H2,1-2H3,(H,17,21)/t12?,13-,16?/m0/s1. The van der Waals surface area contributed by atoms with Crippen molar-refractivity contribution >= 4 is 11.9 Å². The Balaban J connectivity index is 1.69. The molecule has 0 radical (unpaired) electrons. The Hall–Kier alpha value is -1.10. The van der Waals surface area contributed by atoms with Crippen molar-refractivity contribution in [2.24, 2.45) is 5.92 Å². The van der Waals surface area contributed by atoms with Gasteiger partial charge in [-0.2, -0.15) is 0 Å². The van der Waals surface area contributed by atoms with E-state index in [2.05, 4.69) is 24.1 Å². The predicted molar refractivity (Wildman–Crippen MR) is 80.6 cm³/mol. The largest absolute Gasteiger partial charge is 0.326 e. The Morgan fingerprint density at radius 3 is 2.52 bits per heavy atom. The van der Waals surface area contributed by atoms with Crippen LogP contribution >= 0.6 is 0 Å². The molecule has 1 aliphatic carbocycles. The fourth-order valence-electron chi connectivity index (χ4n) is 3.95. The first-order valence-electron chi connectivity index (χ1n) is 8.40. The molecule has 1 atom stereocenters. The van der Waals surface area contributed by atoms with Gasteiger partial charge >= 0.3 is 6.03 Å². The van der Waals surface area contributed by atoms with Gasteiger partial charge in [-0.1, -0.05) is 13.3 Å². The van der Waals surface area contributed by atoms with E-state index in [-0.39, 0.29) is 11.9 Å². The second kappa shape index (κ2) is 5.59. The molecule has 3 amide bonds. The molecule has 0 aromatic carbocycles. The van der Waals surface area contributed by atoms with Gasteiger partial charge < -0.3 is 5.32 Å². The number of nitrogens with zero attached hydrogens (tertiary/aromatic N) is 2. The van der Waals surface area contributed by atoms with E-state index in [9.17, 15) is 9.59 Å². The minimum absolute atomic E-state index is 0.0113. The normalized spacial score (nSPS) is 38.1. The highest BCUT2D eigenvalue weighted by Crippen LogP contribution is 2.36. The maximum atomic E-state index is 12.8. The zero-order chi connectivity index (χ0) is 15.0. The van der Waals surface area contributed by atoms with Crippen molar-refractivity contribution in [1.29, 1.82) is 0 Å². The molecule has 0 aromatic rings. The number of urea groups is 1. The zero-order valence-electron chi connectivity index (χ0n) is 13.2. The molecule has 3 rings (SSSR count). The van der Waals surface area contributed by atoms with Crippen LogP contribution in [0.25, 0.3) is 0 Å². The second-order valence-corrected chi connectivity index (χ2v) is 7.23. The average Bonchev–Trinajstić information content (AvgIpc) is 2.69. The van der Waals surface area contributed by atoms with E-state index in [4.69, 9.17) is 0 Å². The smallest absolute Gasteiger partial charge is 0.323 e. The van der Waals surface area contributed by atoms with Gasteiger partial charge in [0.2, 0.25) is 0 Å². The summed E-state index contributed by atoms with van der Waals surface area (Å²) in [5.41, 5.74) is -0.595. The highest BCUT2D eigenvalue weighted by Gasteiger charge is 2.52. The number of likely N-dealkylation sites (tertiary alicyclic amines) is 1. The Kier molecular flexibility index (Phi) is 3.95. The van der Waals surface area contributed by atoms with Crippen LogP contribution in [0.15, 0.2) is 0 Å². The number of hydrogen-bond acceptors (Lipinski definition) is 3. The van der Waals surface area contributed by atoms with E-state index in [1.807, 2.05) is 0 Å². The van der Waals surface area contributed by atoms with E-state index in [1.54, 1.807) is 0 Å². The molecule has 0 unspecified atom stereocenters. The van der Waals surface area contributed by atoms with Gasteiger partial charge in [-0.3, -0.25) is 9.69 Å². The summed E-state index contributed by atoms with van der Waals surface area (Å²) in [6.45, 7) is 5.86. The van der Waals surface area contributed by atoms with Crippen LogP contribution in [-0.2, 0) is 4.79 Å². The molecule has 5 nitrogen and oxygen atoms in total. The van der Waals surface area contributed by atoms with Crippen LogP contribution in [0.3, 0.4) is 0 Å². The molecule has 1 N–H and O–H groups in total. The van der Waals surface area contributed by atoms with Crippen LogP contribution in [0.4, 0.5) is 4.79 Å². The summed E-state index contributed by atoms with van der Waals surface area (Å²) in [5, 5.41) is 3.00. The molecule has 1 saturated carbocycles. The van der Waals surface area contributed by atoms with E-state index < -0.39 is 5.54 Å². The number of hydrogen-bond donors (Lipinski definition) is 1. The topological polar surface area (TPSA) is 52.7 Å². The summed E-state index contributed by atoms with van der Waals surface area (Å²) in [5.74, 6) is 0.675. The fourth-order valence-corrected chi connectivity index (χ4v) is 3.95. The molecule has 2 aliphatic heterocycles. The quantitative estimate of drug-likeness (QED) is 0.795. The molecule has 3 fully saturated rings. The SMILES string of the molecule is CC1CCC2(CC1)NC(=O)N(CN1CCCC[C@@H]1C)C2=O. The van der Waals surface area contributed by atoms with Crippen molar-refractivity contribution in [3.8, 4) is 0 Å². The molecule has 2 heterocycles. The minimum Gasteiger partial charge on any atom is -0.323 e. The highest BCUT2D eigenvalue weighted by molar-refractivity contribution is 6.07. The van der Waals surface area contributed by atoms with Gasteiger partial charge in [0.05, 0.1) is 6.67 Å². The number of rotatable bonds is 2. The molecule has 1 spiro atoms. The third-order valence-electron chi connectivity index (χ3n) is 5.64. The summed E-state index contributed by atoms with van der Waals surface area (Å²) < 4.78 is 0. The van der Waals surface area contributed by atoms with Gasteiger partial charge in [0.25, 0.3) is 5.91 Å². The van der Waals surface area contributed by atoms with Crippen LogP contribution < -0.4 is 5.32 Å². The van der Waals surface area contributed by atoms with Crippen molar-refractivity contribution in [2.45, 2.75) is 70.4 Å². The van der Waals surface area contributed by atoms with Crippen molar-refractivity contribution in [3.63, 3.8) is 0 Å². The minimum atomic E-state index is -0.595. The van der Waals surface area contributed by atoms with Gasteiger partial charge in [-0.15, -0.1) is 0 Å². The molecular weight excluding hydrogens is 266 g/mol. The average molecular weight is 293 g/mol. The number of imide groups is 1. The Morgan fingerprint density at radius 2 is 1.86 bits per heavy atom. The van der Waals surface area contributed by atoms with E-state index >= 15 is 0 Å². The second-order valence-electron chi connectivity index (χ2n) is 7.23. The van der Waals surface area contributed by atoms with Gasteiger partial charge in [-0.05, 0) is 51.4 Å². The van der Waals surface area contributed by atoms with Crippen LogP contribution in [0.5, 0.6) is 0 Å². The third-order valence-corrected chi connectivity index (χ3v) is 5.64. The molecule has 0 bridgehead atoms. The van der Waals surface area contributed by atoms with Crippen molar-refractivity contribution < 1.29 is 9.59 Å². The third kappa shape index (κ3) is 2.68. The lowest BCUT2D eigenvalue weighted by molar-refractivity contribution is -0.134. The molecule has 3 aliphatic rings. The highest BCUT2D eigenvalue weighted by atomic mass is 16.2. The lowest BCUT2D eigenvalue weighted by Crippen LogP contribution is -2.51. The van der Waals surface area contributed by atoms with Crippen LogP contribution in [-0.4, -0.2) is 46.5 Å². The van der Waals surface area contributed by atoms with E-state index in [0.29, 0.717) is 18.6 Å². The lowest BCUT2D eigenvalue weighted by Gasteiger charge is -2.36. The fraction of sp³-hybridized carbons (Fsp3) is 0.875. The maximum absolute atomic E-state index is 12.8. The Morgan fingerprint density at radius 1 is 1.14 bits per heavy atom. The van der Waals surface area contributed by atoms with Gasteiger partial charge in [0, 0.05) is 12.6 Å². The van der Waals surface area contributed by atoms with Crippen molar-refractivity contribution in [2.75, 3.05) is 13.2 Å². The summed E-state index contributed by atoms with van der Waals surface area (Å²) in [4.78, 5) is 28.8. The number of piperidine rings is 1. The summed E-state index contributed by atoms with van der Waals surface area (Å²) >= 11 is 0. The first-order valence-corrected chi connectivity index (χ1v) is 8.40. The summed E-state index contributed by atoms with van der Waals surface area (Å²) in [6, 6.07) is 0.273.